The number of allylic oxidation sites excluding steroid dienone is 3. The van der Waals surface area contributed by atoms with Gasteiger partial charge in [-0.15, -0.1) is 0 Å². The fourth-order valence-electron chi connectivity index (χ4n) is 1.13. The van der Waals surface area contributed by atoms with Crippen LogP contribution < -0.4 is 5.32 Å². The van der Waals surface area contributed by atoms with E-state index in [1.807, 2.05) is 13.8 Å². The zero-order valence-corrected chi connectivity index (χ0v) is 11.5. The zero-order valence-electron chi connectivity index (χ0n) is 11.5. The maximum Gasteiger partial charge on any atom is 0.243 e. The average molecular weight is 249 g/mol. The third-order valence-corrected chi connectivity index (χ3v) is 2.03. The van der Waals surface area contributed by atoms with Crippen LogP contribution in [-0.2, 0) is 9.59 Å². The van der Waals surface area contributed by atoms with Crippen molar-refractivity contribution in [1.82, 2.24) is 5.32 Å². The first-order chi connectivity index (χ1) is 8.54. The summed E-state index contributed by atoms with van der Waals surface area (Å²) in [6.45, 7) is 16.0. The molecule has 3 heteroatoms. The molecule has 0 fully saturated rings. The summed E-state index contributed by atoms with van der Waals surface area (Å²) < 4.78 is 0. The molecule has 0 unspecified atom stereocenters. The van der Waals surface area contributed by atoms with Crippen LogP contribution in [0.1, 0.15) is 27.2 Å². The highest BCUT2D eigenvalue weighted by Gasteiger charge is 2.16. The molecule has 0 radical (unpaired) electrons. The van der Waals surface area contributed by atoms with Gasteiger partial charge >= 0.3 is 0 Å². The molecule has 0 aromatic heterocycles. The number of carbonyl (C=O) groups is 2. The summed E-state index contributed by atoms with van der Waals surface area (Å²) in [4.78, 5) is 22.4. The van der Waals surface area contributed by atoms with Gasteiger partial charge in [0.25, 0.3) is 0 Å². The molecule has 0 spiro atoms. The normalized spacial score (nSPS) is 11.4. The van der Waals surface area contributed by atoms with E-state index in [2.05, 4.69) is 25.1 Å². The van der Waals surface area contributed by atoms with E-state index in [9.17, 15) is 9.59 Å². The van der Waals surface area contributed by atoms with Crippen LogP contribution in [0.15, 0.2) is 49.6 Å². The molecule has 0 aliphatic carbocycles. The molecule has 0 aromatic carbocycles. The second-order valence-corrected chi connectivity index (χ2v) is 3.26. The van der Waals surface area contributed by atoms with Crippen molar-refractivity contribution in [3.05, 3.63) is 49.6 Å². The molecule has 0 rings (SSSR count). The van der Waals surface area contributed by atoms with Gasteiger partial charge in [-0.05, 0) is 25.0 Å². The summed E-state index contributed by atoms with van der Waals surface area (Å²) in [6.07, 6.45) is 6.55. The smallest absolute Gasteiger partial charge is 0.243 e. The molecule has 0 bridgehead atoms. The monoisotopic (exact) mass is 249 g/mol. The van der Waals surface area contributed by atoms with Crippen molar-refractivity contribution in [3.8, 4) is 0 Å². The van der Waals surface area contributed by atoms with Crippen LogP contribution in [0.4, 0.5) is 0 Å². The standard InChI is InChI=1S/C13H17NO2.C2H6/c1-5-8-11(6-2)9-12(10(4)15)14-13(16)7-3;1-2/h5-8,12H,1-3,9H2,4H3,(H,14,16);1-2H3/b11-8+;/t12-;/m0./s1. The van der Waals surface area contributed by atoms with E-state index in [-0.39, 0.29) is 11.7 Å². The number of rotatable bonds is 7. The molecule has 1 amide bonds. The maximum absolute atomic E-state index is 11.3. The van der Waals surface area contributed by atoms with E-state index in [1.54, 1.807) is 18.2 Å². The summed E-state index contributed by atoms with van der Waals surface area (Å²) >= 11 is 0. The van der Waals surface area contributed by atoms with Gasteiger partial charge in [0, 0.05) is 0 Å². The van der Waals surface area contributed by atoms with Crippen LogP contribution in [-0.4, -0.2) is 17.7 Å². The molecular formula is C15H23NO2. The fraction of sp³-hybridized carbons (Fsp3) is 0.333. The van der Waals surface area contributed by atoms with Crippen LogP contribution in [0.3, 0.4) is 0 Å². The lowest BCUT2D eigenvalue weighted by molar-refractivity contribution is -0.124. The van der Waals surface area contributed by atoms with Crippen molar-refractivity contribution >= 4 is 11.7 Å². The Bertz CT molecular complexity index is 340. The molecule has 0 aliphatic rings. The molecule has 0 heterocycles. The Morgan fingerprint density at radius 3 is 2.06 bits per heavy atom. The number of nitrogens with one attached hydrogen (secondary N) is 1. The molecule has 100 valence electrons. The van der Waals surface area contributed by atoms with E-state index < -0.39 is 6.04 Å². The summed E-state index contributed by atoms with van der Waals surface area (Å²) in [7, 11) is 0. The van der Waals surface area contributed by atoms with Crippen LogP contribution in [0.5, 0.6) is 0 Å². The van der Waals surface area contributed by atoms with Gasteiger partial charge in [0.05, 0.1) is 6.04 Å². The molecule has 18 heavy (non-hydrogen) atoms. The number of Topliss-reactive ketones (excluding diaryl/α,β-unsaturated/α-hetero) is 1. The van der Waals surface area contributed by atoms with Crippen molar-refractivity contribution in [1.29, 1.82) is 0 Å². The summed E-state index contributed by atoms with van der Waals surface area (Å²) in [5, 5.41) is 2.56. The average Bonchev–Trinajstić information content (AvgIpc) is 2.38. The van der Waals surface area contributed by atoms with E-state index in [0.29, 0.717) is 6.42 Å². The third kappa shape index (κ3) is 8.28. The van der Waals surface area contributed by atoms with E-state index in [1.165, 1.54) is 6.92 Å². The van der Waals surface area contributed by atoms with Crippen LogP contribution >= 0.6 is 0 Å². The highest BCUT2D eigenvalue weighted by atomic mass is 16.2. The quantitative estimate of drug-likeness (QED) is 0.557. The lowest BCUT2D eigenvalue weighted by Gasteiger charge is -2.15. The summed E-state index contributed by atoms with van der Waals surface area (Å²) in [5.74, 6) is -0.464. The SMILES string of the molecule is C=C/C=C(\C=C)C[C@H](NC(=O)C=C)C(C)=O.CC. The number of carbonyl (C=O) groups excluding carboxylic acids is 2. The van der Waals surface area contributed by atoms with Crippen LogP contribution in [0, 0.1) is 0 Å². The Balaban J connectivity index is 0. The highest BCUT2D eigenvalue weighted by Crippen LogP contribution is 2.08. The molecule has 3 nitrogen and oxygen atoms in total. The largest absolute Gasteiger partial charge is 0.342 e. The molecule has 0 saturated heterocycles. The number of hydrogen-bond donors (Lipinski definition) is 1. The van der Waals surface area contributed by atoms with Gasteiger partial charge in [-0.1, -0.05) is 51.8 Å². The molecule has 1 N–H and O–H groups in total. The maximum atomic E-state index is 11.3. The number of amides is 1. The number of ketones is 1. The Labute approximate surface area is 110 Å². The van der Waals surface area contributed by atoms with E-state index in [4.69, 9.17) is 0 Å². The topological polar surface area (TPSA) is 46.2 Å². The summed E-state index contributed by atoms with van der Waals surface area (Å²) in [5.41, 5.74) is 0.847. The van der Waals surface area contributed by atoms with Gasteiger partial charge < -0.3 is 5.32 Å². The third-order valence-electron chi connectivity index (χ3n) is 2.03. The first-order valence-electron chi connectivity index (χ1n) is 5.92. The minimum atomic E-state index is -0.547. The van der Waals surface area contributed by atoms with Gasteiger partial charge in [-0.25, -0.2) is 0 Å². The van der Waals surface area contributed by atoms with Crippen LogP contribution in [0.25, 0.3) is 0 Å². The first-order valence-corrected chi connectivity index (χ1v) is 5.92. The molecule has 1 atom stereocenters. The van der Waals surface area contributed by atoms with Gasteiger partial charge in [0.2, 0.25) is 5.91 Å². The Morgan fingerprint density at radius 2 is 1.72 bits per heavy atom. The van der Waals surface area contributed by atoms with Crippen molar-refractivity contribution in [2.75, 3.05) is 0 Å². The number of hydrogen-bond acceptors (Lipinski definition) is 2. The van der Waals surface area contributed by atoms with E-state index in [0.717, 1.165) is 11.6 Å². The lowest BCUT2D eigenvalue weighted by atomic mass is 10.0. The van der Waals surface area contributed by atoms with Crippen molar-refractivity contribution in [2.45, 2.75) is 33.2 Å². The van der Waals surface area contributed by atoms with Crippen molar-refractivity contribution in [2.24, 2.45) is 0 Å². The van der Waals surface area contributed by atoms with E-state index >= 15 is 0 Å². The van der Waals surface area contributed by atoms with Gasteiger partial charge in [-0.2, -0.15) is 0 Å². The van der Waals surface area contributed by atoms with Gasteiger partial charge in [0.1, 0.15) is 0 Å². The first kappa shape index (κ1) is 18.5. The molecule has 0 aliphatic heterocycles. The Kier molecular flexibility index (Phi) is 11.9. The second kappa shape index (κ2) is 11.6. The van der Waals surface area contributed by atoms with Gasteiger partial charge in [-0.3, -0.25) is 9.59 Å². The van der Waals surface area contributed by atoms with Crippen molar-refractivity contribution in [3.63, 3.8) is 0 Å². The second-order valence-electron chi connectivity index (χ2n) is 3.26. The van der Waals surface area contributed by atoms with Crippen LogP contribution in [0.2, 0.25) is 0 Å². The minimum absolute atomic E-state index is 0.105. The molecular weight excluding hydrogens is 226 g/mol. The molecule has 0 aromatic rings. The molecule has 0 saturated carbocycles. The predicted molar refractivity (Wildman–Crippen MR) is 77.3 cm³/mol. The Hall–Kier alpha value is -1.90. The zero-order chi connectivity index (χ0) is 14.6. The van der Waals surface area contributed by atoms with Crippen molar-refractivity contribution < 1.29 is 9.59 Å². The minimum Gasteiger partial charge on any atom is -0.342 e. The predicted octanol–water partition coefficient (Wildman–Crippen LogP) is 2.96. The summed E-state index contributed by atoms with van der Waals surface area (Å²) in [6, 6.07) is -0.547. The Morgan fingerprint density at radius 1 is 1.17 bits per heavy atom. The fourth-order valence-corrected chi connectivity index (χ4v) is 1.13. The highest BCUT2D eigenvalue weighted by molar-refractivity contribution is 5.92. The van der Waals surface area contributed by atoms with Gasteiger partial charge in [0.15, 0.2) is 5.78 Å². The lowest BCUT2D eigenvalue weighted by Crippen LogP contribution is -2.39.